The second kappa shape index (κ2) is 14.6. The van der Waals surface area contributed by atoms with Crippen molar-refractivity contribution in [2.45, 2.75) is 37.7 Å². The first-order valence-corrected chi connectivity index (χ1v) is 18.0. The summed E-state index contributed by atoms with van der Waals surface area (Å²) in [5, 5.41) is 0. The third-order valence-corrected chi connectivity index (χ3v) is 10.4. The number of halogens is 10. The highest BCUT2D eigenvalue weighted by molar-refractivity contribution is 7.89. The second-order valence-corrected chi connectivity index (χ2v) is 14.8. The molecule has 0 atom stereocenters. The maximum atomic E-state index is 15.5. The Morgan fingerprint density at radius 3 is 1.16 bits per heavy atom. The molecule has 0 spiro atoms. The molecule has 0 aliphatic heterocycles. The minimum absolute atomic E-state index is 0.0378. The van der Waals surface area contributed by atoms with Gasteiger partial charge in [-0.25, -0.2) is 26.0 Å². The van der Waals surface area contributed by atoms with E-state index in [1.807, 2.05) is 0 Å². The van der Waals surface area contributed by atoms with Gasteiger partial charge in [-0.3, -0.25) is 9.97 Å². The fourth-order valence-electron chi connectivity index (χ4n) is 6.23. The molecule has 0 saturated carbocycles. The van der Waals surface area contributed by atoms with Crippen LogP contribution in [0.2, 0.25) is 0 Å². The Bertz CT molecular complexity index is 2350. The van der Waals surface area contributed by atoms with E-state index in [1.54, 1.807) is 0 Å². The van der Waals surface area contributed by atoms with Crippen molar-refractivity contribution in [1.29, 1.82) is 0 Å². The average molecular weight is 789 g/mol. The molecule has 55 heavy (non-hydrogen) atoms. The molecule has 2 heterocycles. The molecule has 6 rings (SSSR count). The van der Waals surface area contributed by atoms with E-state index in [-0.39, 0.29) is 55.6 Å². The summed E-state index contributed by atoms with van der Waals surface area (Å²) in [6.07, 6.45) is -4.45. The van der Waals surface area contributed by atoms with Crippen molar-refractivity contribution in [3.05, 3.63) is 154 Å². The van der Waals surface area contributed by atoms with Crippen molar-refractivity contribution < 1.29 is 52.3 Å². The van der Waals surface area contributed by atoms with Crippen LogP contribution in [0.1, 0.15) is 33.4 Å². The molecule has 4 nitrogen and oxygen atoms in total. The molecule has 284 valence electrons. The number of alkyl halides is 6. The van der Waals surface area contributed by atoms with Gasteiger partial charge in [-0.1, -0.05) is 24.3 Å². The summed E-state index contributed by atoms with van der Waals surface area (Å²) in [6, 6.07) is 12.9. The van der Waals surface area contributed by atoms with Crippen molar-refractivity contribution in [1.82, 2.24) is 9.97 Å². The summed E-state index contributed by atoms with van der Waals surface area (Å²) in [4.78, 5) is 7.85. The van der Waals surface area contributed by atoms with Gasteiger partial charge in [0.2, 0.25) is 0 Å². The van der Waals surface area contributed by atoms with Crippen LogP contribution >= 0.6 is 0 Å². The summed E-state index contributed by atoms with van der Waals surface area (Å²) in [6.45, 7) is 2.56. The predicted octanol–water partition coefficient (Wildman–Crippen LogP) is 11.5. The number of aryl methyl sites for hydroxylation is 2. The van der Waals surface area contributed by atoms with Crippen LogP contribution in [0.15, 0.2) is 97.6 Å². The zero-order valence-corrected chi connectivity index (χ0v) is 29.4. The number of nitrogens with zero attached hydrogens (tertiary/aromatic N) is 2. The highest BCUT2D eigenvalue weighted by atomic mass is 32.2. The normalized spacial score (nSPS) is 12.3. The van der Waals surface area contributed by atoms with Crippen LogP contribution < -0.4 is 0 Å². The molecular formula is C40H26F10N2O2S. The van der Waals surface area contributed by atoms with Crippen molar-refractivity contribution >= 4 is 9.84 Å². The quantitative estimate of drug-likeness (QED) is 0.144. The standard InChI is InChI=1S/C40H26F10N2O2S/c1-21-3-5-23(11-33(21)39(45,46)47)27-7-9-51-17-29(27)25-13-35(41)31(36(42)14-25)19-55(53,54)20-32-37(43)15-26(16-38(32)44)30-18-52-10-8-28(30)24-6-4-22(2)34(12-24)40(48,49)50/h3-18H,19-20H2,1-2H3. The monoisotopic (exact) mass is 788 g/mol. The zero-order valence-electron chi connectivity index (χ0n) is 28.6. The van der Waals surface area contributed by atoms with Gasteiger partial charge in [0.1, 0.15) is 23.3 Å². The van der Waals surface area contributed by atoms with Crippen molar-refractivity contribution in [2.24, 2.45) is 0 Å². The lowest BCUT2D eigenvalue weighted by Crippen LogP contribution is -2.13. The largest absolute Gasteiger partial charge is 0.416 e. The Balaban J connectivity index is 1.28. The van der Waals surface area contributed by atoms with Crippen LogP contribution in [0.5, 0.6) is 0 Å². The lowest BCUT2D eigenvalue weighted by Gasteiger charge is -2.16. The summed E-state index contributed by atoms with van der Waals surface area (Å²) >= 11 is 0. The average Bonchev–Trinajstić information content (AvgIpc) is 3.11. The van der Waals surface area contributed by atoms with Gasteiger partial charge < -0.3 is 0 Å². The fraction of sp³-hybridized carbons (Fsp3) is 0.150. The molecule has 4 aromatic carbocycles. The van der Waals surface area contributed by atoms with Crippen LogP contribution in [-0.2, 0) is 33.7 Å². The van der Waals surface area contributed by atoms with Crippen molar-refractivity contribution in [3.8, 4) is 44.5 Å². The van der Waals surface area contributed by atoms with Gasteiger partial charge in [-0.15, -0.1) is 0 Å². The summed E-state index contributed by atoms with van der Waals surface area (Å²) < 4.78 is 170. The Hall–Kier alpha value is -5.57. The minimum atomic E-state index is -4.68. The van der Waals surface area contributed by atoms with Gasteiger partial charge in [0.05, 0.1) is 22.6 Å². The van der Waals surface area contributed by atoms with Gasteiger partial charge >= 0.3 is 12.4 Å². The number of sulfone groups is 1. The van der Waals surface area contributed by atoms with Gasteiger partial charge in [0.15, 0.2) is 9.84 Å². The smallest absolute Gasteiger partial charge is 0.264 e. The van der Waals surface area contributed by atoms with Crippen LogP contribution in [0.4, 0.5) is 43.9 Å². The molecule has 0 aliphatic rings. The summed E-state index contributed by atoms with van der Waals surface area (Å²) in [5.74, 6) is -8.03. The van der Waals surface area contributed by atoms with E-state index in [9.17, 15) is 34.8 Å². The van der Waals surface area contributed by atoms with Crippen LogP contribution in [0, 0.1) is 37.1 Å². The highest BCUT2D eigenvalue weighted by Gasteiger charge is 2.34. The first-order chi connectivity index (χ1) is 25.7. The molecule has 0 N–H and O–H groups in total. The Kier molecular flexibility index (Phi) is 10.4. The Morgan fingerprint density at radius 1 is 0.491 bits per heavy atom. The number of aromatic nitrogens is 2. The number of benzene rings is 4. The molecule has 15 heteroatoms. The second-order valence-electron chi connectivity index (χ2n) is 12.8. The first-order valence-electron chi connectivity index (χ1n) is 16.1. The molecule has 6 aromatic rings. The van der Waals surface area contributed by atoms with E-state index in [2.05, 4.69) is 9.97 Å². The van der Waals surface area contributed by atoms with Crippen LogP contribution in [0.25, 0.3) is 44.5 Å². The predicted molar refractivity (Wildman–Crippen MR) is 186 cm³/mol. The van der Waals surface area contributed by atoms with E-state index in [4.69, 9.17) is 0 Å². The number of rotatable bonds is 8. The maximum Gasteiger partial charge on any atom is 0.416 e. The van der Waals surface area contributed by atoms with E-state index >= 15 is 17.6 Å². The Labute approximate surface area is 308 Å². The van der Waals surface area contributed by atoms with E-state index < -0.39 is 79.2 Å². The zero-order chi connectivity index (χ0) is 40.0. The van der Waals surface area contributed by atoms with E-state index in [0.717, 1.165) is 36.4 Å². The van der Waals surface area contributed by atoms with E-state index in [0.29, 0.717) is 0 Å². The van der Waals surface area contributed by atoms with Gasteiger partial charge in [0.25, 0.3) is 0 Å². The van der Waals surface area contributed by atoms with Gasteiger partial charge in [-0.2, -0.15) is 26.3 Å². The molecule has 0 unspecified atom stereocenters. The third kappa shape index (κ3) is 8.26. The third-order valence-electron chi connectivity index (χ3n) is 8.98. The molecule has 0 amide bonds. The molecule has 0 saturated heterocycles. The van der Waals surface area contributed by atoms with Crippen molar-refractivity contribution in [2.75, 3.05) is 0 Å². The molecule has 2 aromatic heterocycles. The molecule has 0 bridgehead atoms. The van der Waals surface area contributed by atoms with Crippen molar-refractivity contribution in [3.63, 3.8) is 0 Å². The SMILES string of the molecule is Cc1ccc(-c2ccncc2-c2cc(F)c(CS(=O)(=O)Cc3c(F)cc(-c4cnccc4-c4ccc(C)c(C(F)(F)F)c4)cc3F)c(F)c2)cc1C(F)(F)F. The molecule has 0 fully saturated rings. The summed E-state index contributed by atoms with van der Waals surface area (Å²) in [7, 11) is -4.68. The number of hydrogen-bond acceptors (Lipinski definition) is 4. The van der Waals surface area contributed by atoms with Gasteiger partial charge in [0, 0.05) is 47.0 Å². The molecule has 0 radical (unpaired) electrons. The molecular weight excluding hydrogens is 762 g/mol. The minimum Gasteiger partial charge on any atom is -0.264 e. The summed E-state index contributed by atoms with van der Waals surface area (Å²) in [5.41, 5.74) is -3.63. The van der Waals surface area contributed by atoms with Crippen LogP contribution in [-0.4, -0.2) is 18.4 Å². The number of hydrogen-bond donors (Lipinski definition) is 0. The topological polar surface area (TPSA) is 59.9 Å². The highest BCUT2D eigenvalue weighted by Crippen LogP contribution is 2.40. The number of pyridine rings is 2. The first kappa shape index (κ1) is 39.1. The lowest BCUT2D eigenvalue weighted by atomic mass is 9.93. The van der Waals surface area contributed by atoms with Crippen LogP contribution in [0.3, 0.4) is 0 Å². The fourth-order valence-corrected chi connectivity index (χ4v) is 7.76. The molecule has 0 aliphatic carbocycles. The van der Waals surface area contributed by atoms with Gasteiger partial charge in [-0.05, 0) is 107 Å². The van der Waals surface area contributed by atoms with E-state index in [1.165, 1.54) is 75.0 Å². The maximum absolute atomic E-state index is 15.5. The Morgan fingerprint density at radius 2 is 0.836 bits per heavy atom. The lowest BCUT2D eigenvalue weighted by molar-refractivity contribution is -0.138.